The Morgan fingerprint density at radius 1 is 1.33 bits per heavy atom. The number of nitrogens with two attached hydrogens (primary N) is 1. The maximum absolute atomic E-state index is 12.5. The second-order valence-corrected chi connectivity index (χ2v) is 12.0. The number of fused-ring (bicyclic) bond motifs is 2. The van der Waals surface area contributed by atoms with Crippen LogP contribution in [-0.2, 0) is 20.4 Å². The molecule has 2 aromatic heterocycles. The van der Waals surface area contributed by atoms with Crippen molar-refractivity contribution >= 4 is 58.4 Å². The summed E-state index contributed by atoms with van der Waals surface area (Å²) in [4.78, 5) is 48.0. The number of halogens is 1. The van der Waals surface area contributed by atoms with Crippen molar-refractivity contribution in [1.82, 2.24) is 30.6 Å². The maximum Gasteiger partial charge on any atom is 0.266 e. The number of phosphoric ester groups is 1. The van der Waals surface area contributed by atoms with Gasteiger partial charge >= 0.3 is 0 Å². The van der Waals surface area contributed by atoms with Crippen molar-refractivity contribution in [2.24, 2.45) is 5.92 Å². The SMILES string of the molecule is C[C@H](OP(=O)([O-])O)C(=O)N1CCC(CCn2c(Sc3cc4c(cc3Br)OCO4)nc3c(N)ncnc32)CC1.[NH4+]. The fourth-order valence-corrected chi connectivity index (χ4v) is 6.54. The van der Waals surface area contributed by atoms with E-state index in [1.807, 2.05) is 16.7 Å². The number of carbonyl (C=O) groups excluding carboxylic acids is 1. The standard InChI is InChI=1S/C22H26BrN6O7PS.H3N/c1-12(36-37(31,32)33)21(30)28-5-2-13(3-6-28)4-7-29-20-18(19(24)25-10-26-20)27-22(29)38-17-9-16-15(8-14(17)23)34-11-35-16;/h8-10,12-13H,2-7,11H2,1H3,(H2,24,25,26)(H2,31,32,33);1H3/t12-;/m0./s1. The Kier molecular flexibility index (Phi) is 9.05. The summed E-state index contributed by atoms with van der Waals surface area (Å²) in [5.74, 6) is 1.50. The number of hydrogen-bond donors (Lipinski definition) is 3. The minimum absolute atomic E-state index is 0. The fourth-order valence-electron chi connectivity index (χ4n) is 4.54. The predicted molar refractivity (Wildman–Crippen MR) is 144 cm³/mol. The van der Waals surface area contributed by atoms with Crippen molar-refractivity contribution in [3.8, 4) is 11.5 Å². The van der Waals surface area contributed by atoms with Crippen LogP contribution < -0.4 is 26.3 Å². The molecule has 0 saturated carbocycles. The fraction of sp³-hybridized carbons (Fsp3) is 0.455. The van der Waals surface area contributed by atoms with Crippen LogP contribution in [0, 0.1) is 5.92 Å². The van der Waals surface area contributed by atoms with Crippen LogP contribution in [0.5, 0.6) is 11.5 Å². The minimum Gasteiger partial charge on any atom is -0.756 e. The van der Waals surface area contributed by atoms with E-state index in [0.717, 1.165) is 28.6 Å². The number of carbonyl (C=O) groups is 1. The number of aromatic nitrogens is 4. The van der Waals surface area contributed by atoms with Gasteiger partial charge < -0.3 is 45.1 Å². The number of amides is 1. The lowest BCUT2D eigenvalue weighted by molar-refractivity contribution is -0.224. The van der Waals surface area contributed by atoms with Crippen molar-refractivity contribution in [1.29, 1.82) is 0 Å². The van der Waals surface area contributed by atoms with Gasteiger partial charge in [-0.2, -0.15) is 0 Å². The number of rotatable bonds is 8. The Morgan fingerprint density at radius 3 is 2.72 bits per heavy atom. The summed E-state index contributed by atoms with van der Waals surface area (Å²) >= 11 is 5.05. The number of hydrogen-bond acceptors (Lipinski definition) is 11. The number of anilines is 1. The Bertz CT molecular complexity index is 1410. The van der Waals surface area contributed by atoms with Gasteiger partial charge in [-0.25, -0.2) is 15.0 Å². The van der Waals surface area contributed by atoms with Gasteiger partial charge in [0.2, 0.25) is 6.79 Å². The molecule has 1 unspecified atom stereocenters. The number of piperidine rings is 1. The summed E-state index contributed by atoms with van der Waals surface area (Å²) in [5.41, 5.74) is 7.27. The Morgan fingerprint density at radius 2 is 2.03 bits per heavy atom. The van der Waals surface area contributed by atoms with E-state index in [1.165, 1.54) is 25.0 Å². The molecule has 3 aromatic rings. The molecule has 7 N–H and O–H groups in total. The monoisotopic (exact) mass is 645 g/mol. The van der Waals surface area contributed by atoms with Crippen molar-refractivity contribution in [2.75, 3.05) is 25.6 Å². The minimum atomic E-state index is -4.98. The van der Waals surface area contributed by atoms with Crippen molar-refractivity contribution in [3.63, 3.8) is 0 Å². The largest absolute Gasteiger partial charge is 0.756 e. The van der Waals surface area contributed by atoms with E-state index in [0.29, 0.717) is 59.2 Å². The topological polar surface area (TPSA) is 214 Å². The van der Waals surface area contributed by atoms with Crippen LogP contribution in [0.1, 0.15) is 26.2 Å². The summed E-state index contributed by atoms with van der Waals surface area (Å²) in [6, 6.07) is 3.76. The zero-order chi connectivity index (χ0) is 27.0. The highest BCUT2D eigenvalue weighted by Gasteiger charge is 2.29. The average molecular weight is 646 g/mol. The molecule has 2 aliphatic heterocycles. The molecule has 4 heterocycles. The lowest BCUT2D eigenvalue weighted by Gasteiger charge is -2.34. The van der Waals surface area contributed by atoms with Gasteiger partial charge in [-0.05, 0) is 60.2 Å². The van der Waals surface area contributed by atoms with Gasteiger partial charge in [0.05, 0.1) is 0 Å². The third kappa shape index (κ3) is 6.65. The first-order valence-electron chi connectivity index (χ1n) is 11.8. The molecule has 212 valence electrons. The lowest BCUT2D eigenvalue weighted by Crippen LogP contribution is -2.44. The first-order valence-corrected chi connectivity index (χ1v) is 14.9. The molecule has 0 spiro atoms. The van der Waals surface area contributed by atoms with E-state index in [-0.39, 0.29) is 12.9 Å². The third-order valence-corrected chi connectivity index (χ3v) is 9.03. The van der Waals surface area contributed by atoms with E-state index in [9.17, 15) is 14.3 Å². The molecular formula is C22H29BrN7O7PS. The molecule has 0 radical (unpaired) electrons. The van der Waals surface area contributed by atoms with Gasteiger partial charge in [0.15, 0.2) is 33.6 Å². The van der Waals surface area contributed by atoms with Crippen molar-refractivity contribution in [2.45, 2.75) is 48.9 Å². The van der Waals surface area contributed by atoms with Crippen LogP contribution in [0.2, 0.25) is 0 Å². The van der Waals surface area contributed by atoms with Crippen LogP contribution in [0.3, 0.4) is 0 Å². The molecule has 17 heteroatoms. The quantitative estimate of drug-likeness (QED) is 0.301. The molecule has 2 aliphatic rings. The second-order valence-electron chi connectivity index (χ2n) is 8.99. The zero-order valence-corrected chi connectivity index (χ0v) is 24.6. The van der Waals surface area contributed by atoms with Gasteiger partial charge in [-0.15, -0.1) is 0 Å². The third-order valence-electron chi connectivity index (χ3n) is 6.48. The van der Waals surface area contributed by atoms with Crippen LogP contribution in [-0.4, -0.2) is 61.2 Å². The molecule has 39 heavy (non-hydrogen) atoms. The first kappa shape index (κ1) is 29.5. The highest BCUT2D eigenvalue weighted by Crippen LogP contribution is 2.43. The van der Waals surface area contributed by atoms with E-state index < -0.39 is 19.8 Å². The van der Waals surface area contributed by atoms with E-state index in [1.54, 1.807) is 4.90 Å². The average Bonchev–Trinajstić information content (AvgIpc) is 3.46. The van der Waals surface area contributed by atoms with Crippen LogP contribution >= 0.6 is 35.5 Å². The molecule has 1 saturated heterocycles. The molecule has 0 bridgehead atoms. The summed E-state index contributed by atoms with van der Waals surface area (Å²) in [6.07, 6.45) is 2.45. The second kappa shape index (κ2) is 12.0. The highest BCUT2D eigenvalue weighted by molar-refractivity contribution is 9.10. The van der Waals surface area contributed by atoms with Crippen LogP contribution in [0.4, 0.5) is 5.82 Å². The van der Waals surface area contributed by atoms with Gasteiger partial charge in [0.1, 0.15) is 12.4 Å². The summed E-state index contributed by atoms with van der Waals surface area (Å²) < 4.78 is 29.2. The molecular weight excluding hydrogens is 617 g/mol. The number of likely N-dealkylation sites (tertiary alicyclic amines) is 1. The Hall–Kier alpha value is -2.46. The molecule has 0 aliphatic carbocycles. The van der Waals surface area contributed by atoms with Gasteiger partial charge in [-0.1, -0.05) is 11.8 Å². The summed E-state index contributed by atoms with van der Waals surface area (Å²) in [5, 5.41) is 0.705. The lowest BCUT2D eigenvalue weighted by atomic mass is 9.93. The first-order chi connectivity index (χ1) is 18.1. The number of nitrogen functional groups attached to an aromatic ring is 1. The normalized spacial score (nSPS) is 17.6. The summed E-state index contributed by atoms with van der Waals surface area (Å²) in [7, 11) is -4.98. The highest BCUT2D eigenvalue weighted by atomic mass is 79.9. The number of aryl methyl sites for hydroxylation is 1. The smallest absolute Gasteiger partial charge is 0.266 e. The molecule has 1 amide bonds. The van der Waals surface area contributed by atoms with E-state index in [2.05, 4.69) is 30.4 Å². The number of phosphoric acid groups is 1. The van der Waals surface area contributed by atoms with Gasteiger partial charge in [0.25, 0.3) is 13.7 Å². The van der Waals surface area contributed by atoms with Gasteiger partial charge in [-0.3, -0.25) is 9.36 Å². The maximum atomic E-state index is 12.5. The zero-order valence-electron chi connectivity index (χ0n) is 21.3. The van der Waals surface area contributed by atoms with Crippen LogP contribution in [0.25, 0.3) is 11.2 Å². The number of ether oxygens (including phenoxy) is 2. The molecule has 1 aromatic carbocycles. The number of nitrogens with zero attached hydrogens (tertiary/aromatic N) is 5. The molecule has 2 atom stereocenters. The van der Waals surface area contributed by atoms with E-state index >= 15 is 0 Å². The van der Waals surface area contributed by atoms with E-state index in [4.69, 9.17) is 25.1 Å². The molecule has 1 fully saturated rings. The van der Waals surface area contributed by atoms with Gasteiger partial charge in [0, 0.05) is 29.0 Å². The Balaban J connectivity index is 0.00000353. The van der Waals surface area contributed by atoms with Crippen LogP contribution in [0.15, 0.2) is 33.0 Å². The number of imidazole rings is 1. The van der Waals surface area contributed by atoms with Crippen molar-refractivity contribution < 1.29 is 33.1 Å². The number of quaternary nitrogens is 1. The molecule has 5 rings (SSSR count). The Labute approximate surface area is 236 Å². The molecule has 14 nitrogen and oxygen atoms in total. The predicted octanol–water partition coefficient (Wildman–Crippen LogP) is 2.92. The van der Waals surface area contributed by atoms with Crippen molar-refractivity contribution in [3.05, 3.63) is 22.9 Å². The number of benzene rings is 1. The summed E-state index contributed by atoms with van der Waals surface area (Å²) in [6.45, 7) is 3.05.